The molecule has 3 saturated heterocycles. The van der Waals surface area contributed by atoms with Crippen molar-refractivity contribution in [3.8, 4) is 11.1 Å². The second-order valence-electron chi connectivity index (χ2n) is 20.2. The topological polar surface area (TPSA) is 200 Å². The van der Waals surface area contributed by atoms with E-state index in [1.165, 1.54) is 5.56 Å². The Kier molecular flexibility index (Phi) is 18.3. The van der Waals surface area contributed by atoms with Gasteiger partial charge in [0, 0.05) is 133 Å². The first-order valence-corrected chi connectivity index (χ1v) is 26.8. The number of fused-ring (bicyclic) bond motifs is 1. The zero-order chi connectivity index (χ0) is 53.2. The predicted octanol–water partition coefficient (Wildman–Crippen LogP) is 4.71. The van der Waals surface area contributed by atoms with Crippen LogP contribution in [0.1, 0.15) is 105 Å². The van der Waals surface area contributed by atoms with Crippen LogP contribution in [0.3, 0.4) is 0 Å². The zero-order valence-corrected chi connectivity index (χ0v) is 44.4. The molecule has 18 heteroatoms. The monoisotopic (exact) mass is 1030 g/mol. The lowest BCUT2D eigenvalue weighted by Gasteiger charge is -2.38. The highest BCUT2D eigenvalue weighted by Crippen LogP contribution is 2.34. The number of hydrogen-bond acceptors (Lipinski definition) is 13. The predicted molar refractivity (Wildman–Crippen MR) is 289 cm³/mol. The summed E-state index contributed by atoms with van der Waals surface area (Å²) in [6.07, 6.45) is 2.81. The largest absolute Gasteiger partial charge is 0.384 e. The summed E-state index contributed by atoms with van der Waals surface area (Å²) in [7, 11) is 0. The smallest absolute Gasteiger partial charge is 0.264 e. The van der Waals surface area contributed by atoms with E-state index in [-0.39, 0.29) is 47.9 Å². The Labute approximate surface area is 440 Å². The van der Waals surface area contributed by atoms with Crippen molar-refractivity contribution in [1.29, 1.82) is 0 Å². The molecule has 0 spiro atoms. The normalized spacial score (nSPS) is 17.6. The molecule has 400 valence electrons. The molecule has 4 aliphatic heterocycles. The molecule has 8 rings (SSSR count). The van der Waals surface area contributed by atoms with Gasteiger partial charge in [-0.1, -0.05) is 30.3 Å². The number of ether oxygens (including phenoxy) is 1. The van der Waals surface area contributed by atoms with Crippen molar-refractivity contribution >= 4 is 46.8 Å². The number of H-pyrrole nitrogens is 1. The molecule has 1 aromatic heterocycles. The minimum Gasteiger partial charge on any atom is -0.384 e. The van der Waals surface area contributed by atoms with Crippen molar-refractivity contribution in [1.82, 2.24) is 40.1 Å². The minimum absolute atomic E-state index is 0.0729. The average molecular weight is 1030 g/mol. The first-order valence-electron chi connectivity index (χ1n) is 26.8. The molecule has 5 heterocycles. The molecule has 75 heavy (non-hydrogen) atoms. The molecular weight excluding hydrogens is 953 g/mol. The fourth-order valence-corrected chi connectivity index (χ4v) is 10.8. The standard InChI is InChI=1S/C57H74N10O8/c1-6-65(22-11-31-75-7-2)49-34-43(33-45(40(49)5)53(70)59-35-46-38(3)32-39(4)60-54(46)71)42-16-14-41(15-17-42)36-63-23-25-64(26-24-63)37-51(69)66-29-27-62(28-30-66)21-9-8-20-58-47-13-10-12-44-52(47)57(74)67(56(44)73)48-18-19-50(68)61-55(48)72/h10,12-17,32-34,48,58H,6-9,11,18-31,35-37H2,1-5H3,(H,59,70)(H,60,71)(H,61,68,72). The average Bonchev–Trinajstić information content (AvgIpc) is 3.66. The van der Waals surface area contributed by atoms with E-state index in [0.717, 1.165) is 123 Å². The van der Waals surface area contributed by atoms with Crippen LogP contribution in [0, 0.1) is 20.8 Å². The van der Waals surface area contributed by atoms with Crippen LogP contribution in [0.25, 0.3) is 11.1 Å². The van der Waals surface area contributed by atoms with E-state index in [2.05, 4.69) is 77.8 Å². The third-order valence-electron chi connectivity index (χ3n) is 15.1. The summed E-state index contributed by atoms with van der Waals surface area (Å²) in [6.45, 7) is 22.0. The lowest BCUT2D eigenvalue weighted by molar-refractivity contribution is -0.136. The molecule has 6 amide bonds. The van der Waals surface area contributed by atoms with Crippen LogP contribution in [0.4, 0.5) is 11.4 Å². The second kappa shape index (κ2) is 25.2. The third-order valence-corrected chi connectivity index (χ3v) is 15.1. The van der Waals surface area contributed by atoms with Crippen LogP contribution in [-0.4, -0.2) is 169 Å². The van der Waals surface area contributed by atoms with Gasteiger partial charge < -0.3 is 30.2 Å². The Morgan fingerprint density at radius 1 is 0.800 bits per heavy atom. The van der Waals surface area contributed by atoms with Crippen molar-refractivity contribution in [2.45, 2.75) is 85.9 Å². The minimum atomic E-state index is -1.00. The number of benzene rings is 3. The summed E-state index contributed by atoms with van der Waals surface area (Å²) >= 11 is 0. The van der Waals surface area contributed by atoms with Crippen LogP contribution in [0.15, 0.2) is 65.5 Å². The van der Waals surface area contributed by atoms with Gasteiger partial charge in [0.1, 0.15) is 6.04 Å². The third kappa shape index (κ3) is 13.2. The van der Waals surface area contributed by atoms with Gasteiger partial charge in [0.2, 0.25) is 17.7 Å². The number of unbranched alkanes of at least 4 members (excludes halogenated alkanes) is 1. The van der Waals surface area contributed by atoms with E-state index in [0.29, 0.717) is 56.2 Å². The number of piperidine rings is 1. The Morgan fingerprint density at radius 2 is 1.53 bits per heavy atom. The van der Waals surface area contributed by atoms with Crippen molar-refractivity contribution in [3.05, 3.63) is 116 Å². The van der Waals surface area contributed by atoms with Gasteiger partial charge in [-0.2, -0.15) is 0 Å². The van der Waals surface area contributed by atoms with E-state index in [4.69, 9.17) is 4.74 Å². The summed E-state index contributed by atoms with van der Waals surface area (Å²) in [5.74, 6) is -2.13. The van der Waals surface area contributed by atoms with E-state index < -0.39 is 29.7 Å². The Morgan fingerprint density at radius 3 is 2.24 bits per heavy atom. The van der Waals surface area contributed by atoms with E-state index in [1.54, 1.807) is 18.2 Å². The van der Waals surface area contributed by atoms with E-state index in [1.807, 2.05) is 44.7 Å². The molecule has 18 nitrogen and oxygen atoms in total. The lowest BCUT2D eigenvalue weighted by atomic mass is 9.96. The highest BCUT2D eigenvalue weighted by Gasteiger charge is 2.45. The van der Waals surface area contributed by atoms with Crippen LogP contribution in [0.5, 0.6) is 0 Å². The molecule has 4 N–H and O–H groups in total. The SMILES string of the molecule is CCOCCCN(CC)c1cc(-c2ccc(CN3CCN(CC(=O)N4CCN(CCCCNc5cccc6c5C(=O)N(C5CCC(=O)NC5=O)C6=O)CC4)CC3)cc2)cc(C(=O)NCc2c(C)cc(C)[nH]c2=O)c1C. The first-order chi connectivity index (χ1) is 36.2. The number of aromatic nitrogens is 1. The van der Waals surface area contributed by atoms with Crippen molar-refractivity contribution in [3.63, 3.8) is 0 Å². The van der Waals surface area contributed by atoms with Crippen molar-refractivity contribution in [2.24, 2.45) is 0 Å². The summed E-state index contributed by atoms with van der Waals surface area (Å²) in [6, 6.07) is 18.7. The Bertz CT molecular complexity index is 2800. The number of piperazine rings is 2. The zero-order valence-electron chi connectivity index (χ0n) is 44.4. The molecular formula is C57H74N10O8. The second-order valence-corrected chi connectivity index (χ2v) is 20.2. The van der Waals surface area contributed by atoms with Crippen molar-refractivity contribution in [2.75, 3.05) is 109 Å². The number of carbonyl (C=O) groups is 6. The Balaban J connectivity index is 0.773. The molecule has 3 aromatic carbocycles. The number of anilines is 2. The van der Waals surface area contributed by atoms with Crippen LogP contribution in [-0.2, 0) is 32.2 Å². The summed E-state index contributed by atoms with van der Waals surface area (Å²) in [5.41, 5.74) is 8.67. The van der Waals surface area contributed by atoms with E-state index >= 15 is 0 Å². The highest BCUT2D eigenvalue weighted by atomic mass is 16.5. The van der Waals surface area contributed by atoms with Gasteiger partial charge in [-0.25, -0.2) is 0 Å². The molecule has 3 fully saturated rings. The van der Waals surface area contributed by atoms with Crippen LogP contribution >= 0.6 is 0 Å². The maximum atomic E-state index is 14.0. The number of hydrogen-bond donors (Lipinski definition) is 4. The molecule has 0 saturated carbocycles. The fraction of sp³-hybridized carbons (Fsp3) is 0.491. The van der Waals surface area contributed by atoms with Gasteiger partial charge in [-0.15, -0.1) is 0 Å². The van der Waals surface area contributed by atoms with Crippen LogP contribution in [0.2, 0.25) is 0 Å². The number of aryl methyl sites for hydroxylation is 2. The van der Waals surface area contributed by atoms with Gasteiger partial charge in [0.15, 0.2) is 0 Å². The number of nitrogens with one attached hydrogen (secondary N) is 4. The summed E-state index contributed by atoms with van der Waals surface area (Å²) in [5, 5.41) is 8.61. The molecule has 1 unspecified atom stereocenters. The van der Waals surface area contributed by atoms with Crippen molar-refractivity contribution < 1.29 is 33.5 Å². The summed E-state index contributed by atoms with van der Waals surface area (Å²) < 4.78 is 5.64. The maximum Gasteiger partial charge on any atom is 0.264 e. The molecule has 4 aliphatic rings. The van der Waals surface area contributed by atoms with Gasteiger partial charge >= 0.3 is 0 Å². The van der Waals surface area contributed by atoms with Crippen LogP contribution < -0.4 is 26.4 Å². The van der Waals surface area contributed by atoms with Gasteiger partial charge in [0.25, 0.3) is 23.3 Å². The molecule has 0 aliphatic carbocycles. The number of rotatable bonds is 22. The van der Waals surface area contributed by atoms with Gasteiger partial charge in [-0.05, 0) is 125 Å². The first kappa shape index (κ1) is 54.5. The Hall–Kier alpha value is -6.73. The molecule has 0 bridgehead atoms. The van der Waals surface area contributed by atoms with Gasteiger partial charge in [-0.3, -0.25) is 58.5 Å². The summed E-state index contributed by atoms with van der Waals surface area (Å²) in [4.78, 5) is 106. The number of carbonyl (C=O) groups excluding carboxylic acids is 6. The fourth-order valence-electron chi connectivity index (χ4n) is 10.8. The maximum absolute atomic E-state index is 14.0. The number of amides is 6. The molecule has 1 atom stereocenters. The number of imide groups is 2. The molecule has 4 aromatic rings. The number of nitrogens with zero attached hydrogens (tertiary/aromatic N) is 6. The number of pyridine rings is 1. The molecule has 0 radical (unpaired) electrons. The van der Waals surface area contributed by atoms with E-state index in [9.17, 15) is 33.6 Å². The quantitative estimate of drug-likeness (QED) is 0.0625. The van der Waals surface area contributed by atoms with Gasteiger partial charge in [0.05, 0.1) is 17.7 Å². The lowest BCUT2D eigenvalue weighted by Crippen LogP contribution is -2.54. The number of aromatic amines is 1. The highest BCUT2D eigenvalue weighted by molar-refractivity contribution is 6.25.